The van der Waals surface area contributed by atoms with Gasteiger partial charge in [0.25, 0.3) is 0 Å². The Bertz CT molecular complexity index is 635. The second-order valence-electron chi connectivity index (χ2n) is 5.74. The molecule has 128 valence electrons. The van der Waals surface area contributed by atoms with E-state index < -0.39 is 0 Å². The monoisotopic (exact) mass is 329 g/mol. The van der Waals surface area contributed by atoms with Gasteiger partial charge in [0.15, 0.2) is 0 Å². The van der Waals surface area contributed by atoms with Crippen LogP contribution in [-0.4, -0.2) is 24.0 Å². The minimum Gasteiger partial charge on any atom is -0.357 e. The summed E-state index contributed by atoms with van der Waals surface area (Å²) < 4.78 is 12.9. The molecule has 24 heavy (non-hydrogen) atoms. The van der Waals surface area contributed by atoms with Gasteiger partial charge < -0.3 is 10.2 Å². The van der Waals surface area contributed by atoms with Crippen molar-refractivity contribution in [3.63, 3.8) is 0 Å². The maximum Gasteiger partial charge on any atom is 0.228 e. The Hall–Kier alpha value is -2.43. The summed E-state index contributed by atoms with van der Waals surface area (Å²) in [6, 6.07) is 9.74. The Morgan fingerprint density at radius 3 is 2.29 bits per heavy atom. The van der Waals surface area contributed by atoms with Gasteiger partial charge in [-0.1, -0.05) is 26.0 Å². The first-order chi connectivity index (χ1) is 11.6. The molecule has 0 saturated heterocycles. The Morgan fingerprint density at radius 1 is 1.08 bits per heavy atom. The molecule has 0 unspecified atom stereocenters. The first-order valence-corrected chi connectivity index (χ1v) is 8.37. The molecule has 0 bridgehead atoms. The number of pyridine rings is 1. The fourth-order valence-corrected chi connectivity index (χ4v) is 2.52. The highest BCUT2D eigenvalue weighted by Crippen LogP contribution is 2.15. The van der Waals surface area contributed by atoms with E-state index in [2.05, 4.69) is 29.0 Å². The molecular formula is C19H24FN3O. The van der Waals surface area contributed by atoms with E-state index in [4.69, 9.17) is 0 Å². The fraction of sp³-hybridized carbons (Fsp3) is 0.368. The van der Waals surface area contributed by atoms with Crippen LogP contribution in [0.25, 0.3) is 0 Å². The lowest BCUT2D eigenvalue weighted by Crippen LogP contribution is -2.25. The predicted octanol–water partition coefficient (Wildman–Crippen LogP) is 4.03. The molecule has 1 heterocycles. The quantitative estimate of drug-likeness (QED) is 0.795. The van der Waals surface area contributed by atoms with Crippen LogP contribution in [0.5, 0.6) is 0 Å². The van der Waals surface area contributed by atoms with Gasteiger partial charge in [0.05, 0.1) is 18.3 Å². The van der Waals surface area contributed by atoms with Crippen LogP contribution in [0.4, 0.5) is 15.9 Å². The molecule has 0 radical (unpaired) electrons. The number of amides is 1. The topological polar surface area (TPSA) is 45.2 Å². The van der Waals surface area contributed by atoms with E-state index in [0.717, 1.165) is 37.3 Å². The van der Waals surface area contributed by atoms with E-state index in [1.807, 2.05) is 12.1 Å². The summed E-state index contributed by atoms with van der Waals surface area (Å²) in [5.41, 5.74) is 1.44. The predicted molar refractivity (Wildman–Crippen MR) is 95.8 cm³/mol. The molecule has 0 spiro atoms. The molecule has 0 atom stereocenters. The first kappa shape index (κ1) is 17.9. The minimum atomic E-state index is -0.303. The number of anilines is 2. The van der Waals surface area contributed by atoms with Gasteiger partial charge in [-0.15, -0.1) is 0 Å². The van der Waals surface area contributed by atoms with Crippen LogP contribution < -0.4 is 10.2 Å². The van der Waals surface area contributed by atoms with E-state index in [-0.39, 0.29) is 18.1 Å². The number of nitrogens with zero attached hydrogens (tertiary/aromatic N) is 2. The van der Waals surface area contributed by atoms with Crippen LogP contribution in [-0.2, 0) is 11.2 Å². The number of hydrogen-bond acceptors (Lipinski definition) is 3. The van der Waals surface area contributed by atoms with E-state index >= 15 is 0 Å². The fourth-order valence-electron chi connectivity index (χ4n) is 2.52. The molecule has 4 nitrogen and oxygen atoms in total. The molecule has 1 amide bonds. The zero-order valence-electron chi connectivity index (χ0n) is 14.3. The lowest BCUT2D eigenvalue weighted by molar-refractivity contribution is -0.115. The summed E-state index contributed by atoms with van der Waals surface area (Å²) in [5.74, 6) is 0.480. The molecule has 1 aromatic carbocycles. The van der Waals surface area contributed by atoms with E-state index in [1.165, 1.54) is 12.1 Å². The van der Waals surface area contributed by atoms with Gasteiger partial charge in [-0.25, -0.2) is 9.37 Å². The number of nitrogens with one attached hydrogen (secondary N) is 1. The number of benzene rings is 1. The molecule has 0 fully saturated rings. The van der Waals surface area contributed by atoms with Crippen molar-refractivity contribution in [2.24, 2.45) is 0 Å². The number of rotatable bonds is 8. The number of carbonyl (C=O) groups excluding carboxylic acids is 1. The van der Waals surface area contributed by atoms with Gasteiger partial charge in [-0.05, 0) is 42.7 Å². The Kier molecular flexibility index (Phi) is 6.73. The van der Waals surface area contributed by atoms with Gasteiger partial charge >= 0.3 is 0 Å². The molecular weight excluding hydrogens is 305 g/mol. The molecule has 0 aliphatic heterocycles. The SMILES string of the molecule is CCCN(CCC)c1ccc(NC(=O)Cc2ccc(F)cc2)cn1. The lowest BCUT2D eigenvalue weighted by atomic mass is 10.1. The third-order valence-corrected chi connectivity index (χ3v) is 3.62. The second-order valence-corrected chi connectivity index (χ2v) is 5.74. The summed E-state index contributed by atoms with van der Waals surface area (Å²) in [7, 11) is 0. The van der Waals surface area contributed by atoms with Crippen LogP contribution >= 0.6 is 0 Å². The molecule has 1 N–H and O–H groups in total. The number of hydrogen-bond donors (Lipinski definition) is 1. The van der Waals surface area contributed by atoms with Crippen LogP contribution in [0, 0.1) is 5.82 Å². The summed E-state index contributed by atoms with van der Waals surface area (Å²) >= 11 is 0. The van der Waals surface area contributed by atoms with E-state index in [9.17, 15) is 9.18 Å². The Balaban J connectivity index is 1.95. The normalized spacial score (nSPS) is 10.5. The molecule has 5 heteroatoms. The van der Waals surface area contributed by atoms with Crippen LogP contribution in [0.15, 0.2) is 42.6 Å². The van der Waals surface area contributed by atoms with Crippen molar-refractivity contribution in [1.29, 1.82) is 0 Å². The lowest BCUT2D eigenvalue weighted by Gasteiger charge is -2.22. The molecule has 2 rings (SSSR count). The maximum absolute atomic E-state index is 12.9. The molecule has 0 aliphatic carbocycles. The van der Waals surface area contributed by atoms with Crippen LogP contribution in [0.3, 0.4) is 0 Å². The smallest absolute Gasteiger partial charge is 0.228 e. The third-order valence-electron chi connectivity index (χ3n) is 3.62. The standard InChI is InChI=1S/C19H24FN3O/c1-3-11-23(12-4-2)18-10-9-17(14-21-18)22-19(24)13-15-5-7-16(20)8-6-15/h5-10,14H,3-4,11-13H2,1-2H3,(H,22,24). The van der Waals surface area contributed by atoms with Crippen molar-refractivity contribution in [1.82, 2.24) is 4.98 Å². The minimum absolute atomic E-state index is 0.143. The van der Waals surface area contributed by atoms with Gasteiger partial charge in [0.1, 0.15) is 11.6 Å². The van der Waals surface area contributed by atoms with Crippen molar-refractivity contribution >= 4 is 17.4 Å². The van der Waals surface area contributed by atoms with Crippen molar-refractivity contribution in [2.45, 2.75) is 33.1 Å². The molecule has 2 aromatic rings. The Morgan fingerprint density at radius 2 is 1.75 bits per heavy atom. The summed E-state index contributed by atoms with van der Waals surface area (Å²) in [5, 5.41) is 2.82. The summed E-state index contributed by atoms with van der Waals surface area (Å²) in [6.45, 7) is 6.23. The third kappa shape index (κ3) is 5.33. The van der Waals surface area contributed by atoms with Gasteiger partial charge in [0.2, 0.25) is 5.91 Å². The number of aromatic nitrogens is 1. The van der Waals surface area contributed by atoms with Gasteiger partial charge in [-0.3, -0.25) is 4.79 Å². The maximum atomic E-state index is 12.9. The second kappa shape index (κ2) is 9.01. The highest BCUT2D eigenvalue weighted by atomic mass is 19.1. The Labute approximate surface area is 142 Å². The molecule has 0 saturated carbocycles. The van der Waals surface area contributed by atoms with Crippen molar-refractivity contribution in [2.75, 3.05) is 23.3 Å². The number of halogens is 1. The van der Waals surface area contributed by atoms with Crippen LogP contribution in [0.1, 0.15) is 32.3 Å². The van der Waals surface area contributed by atoms with E-state index in [0.29, 0.717) is 5.69 Å². The largest absolute Gasteiger partial charge is 0.357 e. The van der Waals surface area contributed by atoms with Crippen molar-refractivity contribution in [3.05, 3.63) is 54.0 Å². The van der Waals surface area contributed by atoms with Crippen molar-refractivity contribution < 1.29 is 9.18 Å². The highest BCUT2D eigenvalue weighted by Gasteiger charge is 2.08. The van der Waals surface area contributed by atoms with Gasteiger partial charge in [-0.2, -0.15) is 0 Å². The summed E-state index contributed by atoms with van der Waals surface area (Å²) in [4.78, 5) is 18.7. The van der Waals surface area contributed by atoms with Crippen molar-refractivity contribution in [3.8, 4) is 0 Å². The van der Waals surface area contributed by atoms with Gasteiger partial charge in [0, 0.05) is 13.1 Å². The molecule has 0 aliphatic rings. The average Bonchev–Trinajstić information content (AvgIpc) is 2.57. The highest BCUT2D eigenvalue weighted by molar-refractivity contribution is 5.92. The average molecular weight is 329 g/mol. The van der Waals surface area contributed by atoms with E-state index in [1.54, 1.807) is 18.3 Å². The first-order valence-electron chi connectivity index (χ1n) is 8.37. The summed E-state index contributed by atoms with van der Waals surface area (Å²) in [6.07, 6.45) is 4.02. The molecule has 1 aromatic heterocycles. The number of carbonyl (C=O) groups is 1. The van der Waals surface area contributed by atoms with Crippen LogP contribution in [0.2, 0.25) is 0 Å². The zero-order valence-corrected chi connectivity index (χ0v) is 14.3. The zero-order chi connectivity index (χ0) is 17.4.